The lowest BCUT2D eigenvalue weighted by molar-refractivity contribution is -0.137. The summed E-state index contributed by atoms with van der Waals surface area (Å²) in [5.41, 5.74) is 1.49. The molecular formula is C22H20F3NO3. The number of hydrogen-bond donors (Lipinski definition) is 1. The van der Waals surface area contributed by atoms with E-state index in [2.05, 4.69) is 4.98 Å². The molecule has 1 aliphatic carbocycles. The molecule has 7 heteroatoms. The number of aliphatic hydroxyl groups is 1. The van der Waals surface area contributed by atoms with Crippen LogP contribution in [0.4, 0.5) is 13.2 Å². The summed E-state index contributed by atoms with van der Waals surface area (Å²) in [5, 5.41) is 9.24. The Labute approximate surface area is 166 Å². The fraction of sp³-hybridized carbons (Fsp3) is 0.318. The van der Waals surface area contributed by atoms with Gasteiger partial charge in [0.15, 0.2) is 0 Å². The number of alkyl halides is 3. The quantitative estimate of drug-likeness (QED) is 0.603. The second kappa shape index (κ2) is 7.55. The van der Waals surface area contributed by atoms with Crippen LogP contribution in [-0.4, -0.2) is 16.7 Å². The molecule has 1 aromatic heterocycles. The fourth-order valence-corrected chi connectivity index (χ4v) is 3.33. The lowest BCUT2D eigenvalue weighted by atomic mass is 10.1. The van der Waals surface area contributed by atoms with Gasteiger partial charge in [0.25, 0.3) is 0 Å². The topological polar surface area (TPSA) is 55.5 Å². The third kappa shape index (κ3) is 4.29. The van der Waals surface area contributed by atoms with Crippen molar-refractivity contribution in [1.82, 2.24) is 4.98 Å². The fourth-order valence-electron chi connectivity index (χ4n) is 3.33. The third-order valence-corrected chi connectivity index (χ3v) is 5.17. The van der Waals surface area contributed by atoms with Gasteiger partial charge in [-0.2, -0.15) is 13.2 Å². The highest BCUT2D eigenvalue weighted by Gasteiger charge is 2.37. The Bertz CT molecular complexity index is 995. The molecule has 1 saturated carbocycles. The van der Waals surface area contributed by atoms with E-state index in [9.17, 15) is 18.3 Å². The van der Waals surface area contributed by atoms with Gasteiger partial charge in [0, 0.05) is 12.2 Å². The lowest BCUT2D eigenvalue weighted by Gasteiger charge is -2.07. The van der Waals surface area contributed by atoms with E-state index in [4.69, 9.17) is 9.15 Å². The van der Waals surface area contributed by atoms with Crippen molar-refractivity contribution in [3.05, 3.63) is 71.1 Å². The van der Waals surface area contributed by atoms with Gasteiger partial charge >= 0.3 is 6.18 Å². The maximum Gasteiger partial charge on any atom is 0.416 e. The Morgan fingerprint density at radius 1 is 1.17 bits per heavy atom. The van der Waals surface area contributed by atoms with Crippen LogP contribution in [0.3, 0.4) is 0 Å². The van der Waals surface area contributed by atoms with Crippen LogP contribution in [0.15, 0.2) is 52.9 Å². The first kappa shape index (κ1) is 19.5. The van der Waals surface area contributed by atoms with Crippen molar-refractivity contribution in [2.45, 2.75) is 32.0 Å². The molecule has 0 radical (unpaired) electrons. The second-order valence-corrected chi connectivity index (χ2v) is 7.24. The van der Waals surface area contributed by atoms with Crippen molar-refractivity contribution >= 4 is 0 Å². The Morgan fingerprint density at radius 3 is 2.59 bits per heavy atom. The average molecular weight is 403 g/mol. The number of halogens is 3. The van der Waals surface area contributed by atoms with Crippen LogP contribution in [0.2, 0.25) is 0 Å². The lowest BCUT2D eigenvalue weighted by Crippen LogP contribution is -2.04. The maximum atomic E-state index is 12.7. The molecule has 2 atom stereocenters. The first-order chi connectivity index (χ1) is 13.8. The number of nitrogens with zero attached hydrogens (tertiary/aromatic N) is 1. The van der Waals surface area contributed by atoms with Crippen molar-refractivity contribution in [2.75, 3.05) is 6.61 Å². The average Bonchev–Trinajstić information content (AvgIpc) is 3.41. The van der Waals surface area contributed by atoms with Gasteiger partial charge in [-0.25, -0.2) is 4.98 Å². The standard InChI is InChI=1S/C22H20F3NO3/c1-13-20(12-28-18-4-2-3-15(9-18)19-10-16(19)11-27)26-21(29-13)14-5-7-17(8-6-14)22(23,24)25/h2-9,16,19,27H,10-12H2,1H3. The summed E-state index contributed by atoms with van der Waals surface area (Å²) in [6, 6.07) is 12.5. The molecule has 2 unspecified atom stereocenters. The molecule has 2 aromatic carbocycles. The van der Waals surface area contributed by atoms with Crippen LogP contribution in [0.25, 0.3) is 11.5 Å². The van der Waals surface area contributed by atoms with Gasteiger partial charge in [-0.15, -0.1) is 0 Å². The molecule has 1 fully saturated rings. The molecule has 0 aliphatic heterocycles. The minimum Gasteiger partial charge on any atom is -0.487 e. The summed E-state index contributed by atoms with van der Waals surface area (Å²) in [5.74, 6) is 2.22. The molecule has 4 rings (SSSR count). The third-order valence-electron chi connectivity index (χ3n) is 5.17. The van der Waals surface area contributed by atoms with Crippen LogP contribution >= 0.6 is 0 Å². The van der Waals surface area contributed by atoms with Gasteiger partial charge in [-0.1, -0.05) is 12.1 Å². The first-order valence-corrected chi connectivity index (χ1v) is 9.32. The summed E-state index contributed by atoms with van der Waals surface area (Å²) in [6.45, 7) is 2.12. The van der Waals surface area contributed by atoms with Crippen LogP contribution in [0.5, 0.6) is 5.75 Å². The number of aromatic nitrogens is 1. The van der Waals surface area contributed by atoms with Gasteiger partial charge in [0.1, 0.15) is 23.8 Å². The Kier molecular flexibility index (Phi) is 5.08. The van der Waals surface area contributed by atoms with Crippen LogP contribution < -0.4 is 4.74 Å². The highest BCUT2D eigenvalue weighted by Crippen LogP contribution is 2.47. The van der Waals surface area contributed by atoms with Gasteiger partial charge in [-0.3, -0.25) is 0 Å². The number of aryl methyl sites for hydroxylation is 1. The molecule has 4 nitrogen and oxygen atoms in total. The molecular weight excluding hydrogens is 383 g/mol. The molecule has 29 heavy (non-hydrogen) atoms. The van der Waals surface area contributed by atoms with Gasteiger partial charge < -0.3 is 14.3 Å². The SMILES string of the molecule is Cc1oc(-c2ccc(C(F)(F)F)cc2)nc1COc1cccc(C2CC2CO)c1. The molecule has 1 N–H and O–H groups in total. The van der Waals surface area contributed by atoms with Gasteiger partial charge in [0.05, 0.1) is 5.56 Å². The molecule has 0 spiro atoms. The predicted molar refractivity (Wildman–Crippen MR) is 100 cm³/mol. The zero-order chi connectivity index (χ0) is 20.6. The number of hydrogen-bond acceptors (Lipinski definition) is 4. The predicted octanol–water partition coefficient (Wildman–Crippen LogP) is 5.34. The summed E-state index contributed by atoms with van der Waals surface area (Å²) in [4.78, 5) is 4.38. The van der Waals surface area contributed by atoms with Crippen molar-refractivity contribution in [1.29, 1.82) is 0 Å². The molecule has 0 bridgehead atoms. The summed E-state index contributed by atoms with van der Waals surface area (Å²) in [6.07, 6.45) is -3.39. The second-order valence-electron chi connectivity index (χ2n) is 7.24. The van der Waals surface area contributed by atoms with E-state index >= 15 is 0 Å². The van der Waals surface area contributed by atoms with Crippen molar-refractivity contribution in [3.63, 3.8) is 0 Å². The smallest absolute Gasteiger partial charge is 0.416 e. The highest BCUT2D eigenvalue weighted by atomic mass is 19.4. The van der Waals surface area contributed by atoms with Crippen LogP contribution in [0.1, 0.15) is 34.9 Å². The minimum atomic E-state index is -4.38. The van der Waals surface area contributed by atoms with Gasteiger partial charge in [0.2, 0.25) is 5.89 Å². The van der Waals surface area contributed by atoms with Crippen molar-refractivity contribution < 1.29 is 27.4 Å². The van der Waals surface area contributed by atoms with E-state index in [1.54, 1.807) is 6.92 Å². The largest absolute Gasteiger partial charge is 0.487 e. The van der Waals surface area contributed by atoms with Crippen LogP contribution in [-0.2, 0) is 12.8 Å². The van der Waals surface area contributed by atoms with Gasteiger partial charge in [-0.05, 0) is 67.1 Å². The summed E-state index contributed by atoms with van der Waals surface area (Å²) >= 11 is 0. The normalized spacial score (nSPS) is 18.7. The van der Waals surface area contributed by atoms with Crippen molar-refractivity contribution in [2.24, 2.45) is 5.92 Å². The zero-order valence-corrected chi connectivity index (χ0v) is 15.7. The first-order valence-electron chi connectivity index (χ1n) is 9.32. The number of rotatable bonds is 6. The Balaban J connectivity index is 1.44. The maximum absolute atomic E-state index is 12.7. The van der Waals surface area contributed by atoms with E-state index in [-0.39, 0.29) is 19.1 Å². The molecule has 152 valence electrons. The van der Waals surface area contributed by atoms with Crippen LogP contribution in [0, 0.1) is 12.8 Å². The highest BCUT2D eigenvalue weighted by molar-refractivity contribution is 5.54. The summed E-state index contributed by atoms with van der Waals surface area (Å²) < 4.78 is 49.6. The molecule has 3 aromatic rings. The Morgan fingerprint density at radius 2 is 1.93 bits per heavy atom. The van der Waals surface area contributed by atoms with E-state index in [1.807, 2.05) is 24.3 Å². The van der Waals surface area contributed by atoms with E-state index in [0.29, 0.717) is 34.6 Å². The molecule has 0 saturated heterocycles. The van der Waals surface area contributed by atoms with E-state index in [0.717, 1.165) is 24.1 Å². The number of benzene rings is 2. The summed E-state index contributed by atoms with van der Waals surface area (Å²) in [7, 11) is 0. The number of oxazole rings is 1. The monoisotopic (exact) mass is 403 g/mol. The number of aliphatic hydroxyl groups excluding tert-OH is 1. The zero-order valence-electron chi connectivity index (χ0n) is 15.7. The number of ether oxygens (including phenoxy) is 1. The minimum absolute atomic E-state index is 0.188. The Hall–Kier alpha value is -2.80. The molecule has 1 heterocycles. The van der Waals surface area contributed by atoms with E-state index < -0.39 is 11.7 Å². The molecule has 0 amide bonds. The molecule has 1 aliphatic rings. The van der Waals surface area contributed by atoms with Crippen molar-refractivity contribution in [3.8, 4) is 17.2 Å². The van der Waals surface area contributed by atoms with E-state index in [1.165, 1.54) is 12.1 Å².